The lowest BCUT2D eigenvalue weighted by Crippen LogP contribution is -2.37. The van der Waals surface area contributed by atoms with E-state index in [4.69, 9.17) is 0 Å². The maximum Gasteiger partial charge on any atom is 0.219 e. The maximum absolute atomic E-state index is 11.3. The van der Waals surface area contributed by atoms with Crippen molar-refractivity contribution < 1.29 is 4.79 Å². The van der Waals surface area contributed by atoms with E-state index in [1.165, 1.54) is 5.57 Å². The van der Waals surface area contributed by atoms with Crippen LogP contribution in [0.2, 0.25) is 0 Å². The van der Waals surface area contributed by atoms with E-state index in [0.717, 1.165) is 19.5 Å². The molecule has 0 N–H and O–H groups in total. The number of rotatable bonds is 2. The molecule has 1 aliphatic rings. The van der Waals surface area contributed by atoms with E-state index in [2.05, 4.69) is 27.7 Å². The second kappa shape index (κ2) is 4.82. The Morgan fingerprint density at radius 2 is 1.67 bits per heavy atom. The monoisotopic (exact) mass is 209 g/mol. The first-order chi connectivity index (χ1) is 6.93. The van der Waals surface area contributed by atoms with E-state index in [0.29, 0.717) is 11.8 Å². The second-order valence-electron chi connectivity index (χ2n) is 5.05. The average molecular weight is 209 g/mol. The smallest absolute Gasteiger partial charge is 0.219 e. The van der Waals surface area contributed by atoms with Gasteiger partial charge in [0.25, 0.3) is 0 Å². The third-order valence-electron chi connectivity index (χ3n) is 3.26. The number of hydrogen-bond donors (Lipinski definition) is 0. The van der Waals surface area contributed by atoms with Gasteiger partial charge in [0.2, 0.25) is 5.91 Å². The molecule has 0 bridgehead atoms. The van der Waals surface area contributed by atoms with Crippen molar-refractivity contribution in [3.05, 3.63) is 11.1 Å². The third kappa shape index (κ3) is 2.83. The van der Waals surface area contributed by atoms with Crippen LogP contribution >= 0.6 is 0 Å². The van der Waals surface area contributed by atoms with Gasteiger partial charge in [-0.3, -0.25) is 4.79 Å². The van der Waals surface area contributed by atoms with Crippen LogP contribution < -0.4 is 0 Å². The molecule has 1 aliphatic heterocycles. The van der Waals surface area contributed by atoms with Crippen LogP contribution in [0.3, 0.4) is 0 Å². The average Bonchev–Trinajstić information content (AvgIpc) is 2.16. The van der Waals surface area contributed by atoms with Crippen LogP contribution in [0.5, 0.6) is 0 Å². The first-order valence-electron chi connectivity index (χ1n) is 5.90. The molecule has 0 atom stereocenters. The molecule has 0 aliphatic carbocycles. The van der Waals surface area contributed by atoms with Crippen molar-refractivity contribution in [3.8, 4) is 0 Å². The van der Waals surface area contributed by atoms with Crippen molar-refractivity contribution >= 4 is 5.91 Å². The molecule has 2 heteroatoms. The van der Waals surface area contributed by atoms with Crippen molar-refractivity contribution in [2.75, 3.05) is 13.1 Å². The number of carbonyl (C=O) groups is 1. The van der Waals surface area contributed by atoms with E-state index in [-0.39, 0.29) is 5.91 Å². The zero-order valence-electron chi connectivity index (χ0n) is 10.6. The van der Waals surface area contributed by atoms with Gasteiger partial charge in [0.15, 0.2) is 0 Å². The van der Waals surface area contributed by atoms with Crippen molar-refractivity contribution in [1.82, 2.24) is 4.90 Å². The highest BCUT2D eigenvalue weighted by molar-refractivity contribution is 5.73. The van der Waals surface area contributed by atoms with Gasteiger partial charge in [-0.15, -0.1) is 0 Å². The van der Waals surface area contributed by atoms with Gasteiger partial charge in [-0.05, 0) is 23.8 Å². The van der Waals surface area contributed by atoms with Crippen molar-refractivity contribution in [2.45, 2.75) is 41.0 Å². The zero-order chi connectivity index (χ0) is 11.6. The quantitative estimate of drug-likeness (QED) is 0.640. The summed E-state index contributed by atoms with van der Waals surface area (Å²) in [5, 5.41) is 0. The van der Waals surface area contributed by atoms with Crippen molar-refractivity contribution in [3.63, 3.8) is 0 Å². The Bertz CT molecular complexity index is 276. The lowest BCUT2D eigenvalue weighted by atomic mass is 9.85. The van der Waals surface area contributed by atoms with E-state index in [1.54, 1.807) is 12.5 Å². The normalized spacial score (nSPS) is 17.9. The molecule has 2 nitrogen and oxygen atoms in total. The van der Waals surface area contributed by atoms with Crippen LogP contribution in [-0.4, -0.2) is 23.9 Å². The van der Waals surface area contributed by atoms with Gasteiger partial charge in [-0.1, -0.05) is 33.3 Å². The fourth-order valence-electron chi connectivity index (χ4n) is 2.28. The first-order valence-corrected chi connectivity index (χ1v) is 5.90. The highest BCUT2D eigenvalue weighted by Gasteiger charge is 2.23. The van der Waals surface area contributed by atoms with E-state index in [9.17, 15) is 4.79 Å². The largest absolute Gasteiger partial charge is 0.339 e. The predicted molar refractivity (Wildman–Crippen MR) is 63.6 cm³/mol. The lowest BCUT2D eigenvalue weighted by Gasteiger charge is -2.33. The topological polar surface area (TPSA) is 20.3 Å². The van der Waals surface area contributed by atoms with Gasteiger partial charge in [-0.25, -0.2) is 0 Å². The fourth-order valence-corrected chi connectivity index (χ4v) is 2.28. The molecule has 1 rings (SSSR count). The Hall–Kier alpha value is -0.790. The van der Waals surface area contributed by atoms with Gasteiger partial charge in [0.1, 0.15) is 0 Å². The van der Waals surface area contributed by atoms with E-state index in [1.807, 2.05) is 4.90 Å². The molecule has 15 heavy (non-hydrogen) atoms. The second-order valence-corrected chi connectivity index (χ2v) is 5.05. The Balaban J connectivity index is 2.91. The van der Waals surface area contributed by atoms with E-state index >= 15 is 0 Å². The minimum absolute atomic E-state index is 0.205. The van der Waals surface area contributed by atoms with Crippen LogP contribution in [0.15, 0.2) is 11.1 Å². The molecule has 0 fully saturated rings. The van der Waals surface area contributed by atoms with Gasteiger partial charge in [0.05, 0.1) is 0 Å². The molecule has 0 saturated heterocycles. The summed E-state index contributed by atoms with van der Waals surface area (Å²) in [6.45, 7) is 12.4. The summed E-state index contributed by atoms with van der Waals surface area (Å²) < 4.78 is 0. The summed E-state index contributed by atoms with van der Waals surface area (Å²) in [5.74, 6) is 1.39. The molecule has 1 heterocycles. The van der Waals surface area contributed by atoms with Crippen molar-refractivity contribution in [2.24, 2.45) is 11.8 Å². The standard InChI is InChI=1S/C13H23NO/c1-9(2)12-6-7-14(11(5)15)8-13(12)10(3)4/h9-10H,6-8H2,1-5H3. The van der Waals surface area contributed by atoms with Gasteiger partial charge >= 0.3 is 0 Å². The highest BCUT2D eigenvalue weighted by atomic mass is 16.2. The van der Waals surface area contributed by atoms with Crippen LogP contribution in [-0.2, 0) is 4.79 Å². The summed E-state index contributed by atoms with van der Waals surface area (Å²) >= 11 is 0. The summed E-state index contributed by atoms with van der Waals surface area (Å²) in [5.41, 5.74) is 3.05. The molecule has 0 radical (unpaired) electrons. The Morgan fingerprint density at radius 3 is 2.07 bits per heavy atom. The molecule has 0 aromatic carbocycles. The molecule has 1 amide bonds. The minimum Gasteiger partial charge on any atom is -0.339 e. The molecule has 0 saturated carbocycles. The molecule has 0 aromatic rings. The SMILES string of the molecule is CC(=O)N1CCC(C(C)C)=C(C(C)C)C1. The number of nitrogens with zero attached hydrogens (tertiary/aromatic N) is 1. The van der Waals surface area contributed by atoms with Crippen LogP contribution in [0.1, 0.15) is 41.0 Å². The zero-order valence-corrected chi connectivity index (χ0v) is 10.6. The molecule has 0 aromatic heterocycles. The molecular weight excluding hydrogens is 186 g/mol. The van der Waals surface area contributed by atoms with Gasteiger partial charge in [0, 0.05) is 20.0 Å². The number of carbonyl (C=O) groups excluding carboxylic acids is 1. The predicted octanol–water partition coefficient (Wildman–Crippen LogP) is 2.85. The van der Waals surface area contributed by atoms with Crippen LogP contribution in [0.4, 0.5) is 0 Å². The van der Waals surface area contributed by atoms with Crippen LogP contribution in [0.25, 0.3) is 0 Å². The Kier molecular flexibility index (Phi) is 3.95. The summed E-state index contributed by atoms with van der Waals surface area (Å²) in [6.07, 6.45) is 1.06. The van der Waals surface area contributed by atoms with Crippen molar-refractivity contribution in [1.29, 1.82) is 0 Å². The lowest BCUT2D eigenvalue weighted by molar-refractivity contribution is -0.128. The first kappa shape index (κ1) is 12.3. The number of amides is 1. The van der Waals surface area contributed by atoms with Gasteiger partial charge in [-0.2, -0.15) is 0 Å². The van der Waals surface area contributed by atoms with Gasteiger partial charge < -0.3 is 4.90 Å². The Labute approximate surface area is 93.3 Å². The molecular formula is C13H23NO. The third-order valence-corrected chi connectivity index (χ3v) is 3.26. The maximum atomic E-state index is 11.3. The van der Waals surface area contributed by atoms with E-state index < -0.39 is 0 Å². The highest BCUT2D eigenvalue weighted by Crippen LogP contribution is 2.28. The summed E-state index contributed by atoms with van der Waals surface area (Å²) in [6, 6.07) is 0. The minimum atomic E-state index is 0.205. The van der Waals surface area contributed by atoms with Crippen LogP contribution in [0, 0.1) is 11.8 Å². The fraction of sp³-hybridized carbons (Fsp3) is 0.769. The summed E-state index contributed by atoms with van der Waals surface area (Å²) in [7, 11) is 0. The molecule has 0 spiro atoms. The molecule has 0 unspecified atom stereocenters. The summed E-state index contributed by atoms with van der Waals surface area (Å²) in [4.78, 5) is 13.3. The molecule has 86 valence electrons. The number of hydrogen-bond acceptors (Lipinski definition) is 1. The Morgan fingerprint density at radius 1 is 1.13 bits per heavy atom.